The molecule has 0 amide bonds. The van der Waals surface area contributed by atoms with Gasteiger partial charge in [0.25, 0.3) is 0 Å². The predicted molar refractivity (Wildman–Crippen MR) is 69.5 cm³/mol. The van der Waals surface area contributed by atoms with Gasteiger partial charge in [-0.05, 0) is 32.6 Å². The fourth-order valence-electron chi connectivity index (χ4n) is 1.41. The molecule has 0 atom stereocenters. The van der Waals surface area contributed by atoms with Crippen molar-refractivity contribution in [1.82, 2.24) is 0 Å². The third kappa shape index (κ3) is 3.54. The summed E-state index contributed by atoms with van der Waals surface area (Å²) in [5.41, 5.74) is 6.72. The van der Waals surface area contributed by atoms with Gasteiger partial charge < -0.3 is 14.9 Å². The lowest BCUT2D eigenvalue weighted by Gasteiger charge is -2.23. The second-order valence-electron chi connectivity index (χ2n) is 4.60. The summed E-state index contributed by atoms with van der Waals surface area (Å²) >= 11 is 0. The number of hydrogen-bond acceptors (Lipinski definition) is 3. The standard InChI is InChI=1S/C12H21NO2Si/c1-5-14-11-8-6-7-10(9-13)12(11)15-16(2,3)4/h6-8H,5,9,13H2,1-4H3. The van der Waals surface area contributed by atoms with Crippen LogP contribution < -0.4 is 14.9 Å². The largest absolute Gasteiger partial charge is 0.542 e. The molecule has 1 aromatic carbocycles. The van der Waals surface area contributed by atoms with Gasteiger partial charge in [-0.2, -0.15) is 0 Å². The minimum absolute atomic E-state index is 0.473. The zero-order valence-corrected chi connectivity index (χ0v) is 11.5. The quantitative estimate of drug-likeness (QED) is 0.804. The molecule has 0 heterocycles. The van der Waals surface area contributed by atoms with Crippen LogP contribution >= 0.6 is 0 Å². The van der Waals surface area contributed by atoms with Crippen LogP contribution in [0.1, 0.15) is 12.5 Å². The summed E-state index contributed by atoms with van der Waals surface area (Å²) in [6.45, 7) is 9.52. The predicted octanol–water partition coefficient (Wildman–Crippen LogP) is 2.76. The third-order valence-electron chi connectivity index (χ3n) is 1.99. The highest BCUT2D eigenvalue weighted by Gasteiger charge is 2.20. The topological polar surface area (TPSA) is 44.5 Å². The normalized spacial score (nSPS) is 11.3. The maximum absolute atomic E-state index is 6.04. The maximum Gasteiger partial charge on any atom is 0.242 e. The Morgan fingerprint density at radius 3 is 2.44 bits per heavy atom. The zero-order valence-electron chi connectivity index (χ0n) is 10.5. The second kappa shape index (κ2) is 5.36. The van der Waals surface area contributed by atoms with Crippen molar-refractivity contribution >= 4 is 8.32 Å². The molecule has 3 nitrogen and oxygen atoms in total. The van der Waals surface area contributed by atoms with Gasteiger partial charge in [-0.25, -0.2) is 0 Å². The monoisotopic (exact) mass is 239 g/mol. The van der Waals surface area contributed by atoms with Crippen LogP contribution in [-0.4, -0.2) is 14.9 Å². The molecular weight excluding hydrogens is 218 g/mol. The van der Waals surface area contributed by atoms with E-state index in [0.29, 0.717) is 13.2 Å². The number of ether oxygens (including phenoxy) is 1. The number of rotatable bonds is 5. The van der Waals surface area contributed by atoms with Crippen LogP contribution in [0, 0.1) is 0 Å². The first-order valence-electron chi connectivity index (χ1n) is 5.61. The first-order chi connectivity index (χ1) is 7.48. The summed E-state index contributed by atoms with van der Waals surface area (Å²) in [6, 6.07) is 5.86. The van der Waals surface area contributed by atoms with Crippen molar-refractivity contribution in [3.8, 4) is 11.5 Å². The van der Waals surface area contributed by atoms with E-state index in [1.165, 1.54) is 0 Å². The van der Waals surface area contributed by atoms with Gasteiger partial charge in [-0.3, -0.25) is 0 Å². The minimum Gasteiger partial charge on any atom is -0.542 e. The Bertz CT molecular complexity index is 347. The summed E-state index contributed by atoms with van der Waals surface area (Å²) in [7, 11) is -1.64. The molecule has 0 bridgehead atoms. The lowest BCUT2D eigenvalue weighted by molar-refractivity contribution is 0.326. The molecular formula is C12H21NO2Si. The Labute approximate surface area is 98.7 Å². The van der Waals surface area contributed by atoms with Gasteiger partial charge in [0.15, 0.2) is 11.5 Å². The number of para-hydroxylation sites is 1. The molecule has 0 saturated heterocycles. The molecule has 0 spiro atoms. The highest BCUT2D eigenvalue weighted by Crippen LogP contribution is 2.33. The molecule has 0 saturated carbocycles. The molecule has 0 radical (unpaired) electrons. The van der Waals surface area contributed by atoms with Crippen molar-refractivity contribution in [2.45, 2.75) is 33.1 Å². The highest BCUT2D eigenvalue weighted by atomic mass is 28.4. The van der Waals surface area contributed by atoms with E-state index in [1.54, 1.807) is 0 Å². The van der Waals surface area contributed by atoms with E-state index in [2.05, 4.69) is 19.6 Å². The summed E-state index contributed by atoms with van der Waals surface area (Å²) < 4.78 is 11.6. The smallest absolute Gasteiger partial charge is 0.242 e. The lowest BCUT2D eigenvalue weighted by atomic mass is 10.2. The van der Waals surface area contributed by atoms with Crippen molar-refractivity contribution < 1.29 is 9.16 Å². The molecule has 1 aromatic rings. The SMILES string of the molecule is CCOc1cccc(CN)c1O[Si](C)(C)C. The van der Waals surface area contributed by atoms with Crippen LogP contribution in [0.15, 0.2) is 18.2 Å². The Morgan fingerprint density at radius 2 is 1.94 bits per heavy atom. The number of nitrogens with two attached hydrogens (primary N) is 1. The van der Waals surface area contributed by atoms with Crippen LogP contribution in [0.4, 0.5) is 0 Å². The molecule has 0 aliphatic rings. The van der Waals surface area contributed by atoms with Gasteiger partial charge in [-0.1, -0.05) is 12.1 Å². The Kier molecular flexibility index (Phi) is 4.38. The van der Waals surface area contributed by atoms with Crippen LogP contribution in [0.3, 0.4) is 0 Å². The summed E-state index contributed by atoms with van der Waals surface area (Å²) in [5.74, 6) is 1.62. The molecule has 0 aliphatic carbocycles. The van der Waals surface area contributed by atoms with Crippen LogP contribution in [-0.2, 0) is 6.54 Å². The van der Waals surface area contributed by atoms with Gasteiger partial charge in [0.1, 0.15) is 0 Å². The Hall–Kier alpha value is -1.00. The molecule has 0 unspecified atom stereocenters. The van der Waals surface area contributed by atoms with E-state index in [-0.39, 0.29) is 0 Å². The molecule has 0 aromatic heterocycles. The minimum atomic E-state index is -1.64. The van der Waals surface area contributed by atoms with E-state index in [0.717, 1.165) is 17.1 Å². The number of benzene rings is 1. The average Bonchev–Trinajstić information content (AvgIpc) is 2.19. The first-order valence-corrected chi connectivity index (χ1v) is 9.02. The van der Waals surface area contributed by atoms with Crippen LogP contribution in [0.2, 0.25) is 19.6 Å². The molecule has 4 heteroatoms. The van der Waals surface area contributed by atoms with E-state index >= 15 is 0 Å². The van der Waals surface area contributed by atoms with Crippen molar-refractivity contribution in [3.05, 3.63) is 23.8 Å². The average molecular weight is 239 g/mol. The van der Waals surface area contributed by atoms with Crippen molar-refractivity contribution in [2.24, 2.45) is 5.73 Å². The summed E-state index contributed by atoms with van der Waals surface area (Å²) in [6.07, 6.45) is 0. The van der Waals surface area contributed by atoms with Gasteiger partial charge in [0.05, 0.1) is 6.61 Å². The summed E-state index contributed by atoms with van der Waals surface area (Å²) in [4.78, 5) is 0. The van der Waals surface area contributed by atoms with Crippen molar-refractivity contribution in [3.63, 3.8) is 0 Å². The molecule has 90 valence electrons. The Morgan fingerprint density at radius 1 is 1.25 bits per heavy atom. The molecule has 0 fully saturated rings. The van der Waals surface area contributed by atoms with Gasteiger partial charge in [-0.15, -0.1) is 0 Å². The first kappa shape index (κ1) is 13.1. The molecule has 1 rings (SSSR count). The van der Waals surface area contributed by atoms with E-state index in [4.69, 9.17) is 14.9 Å². The maximum atomic E-state index is 6.04. The molecule has 2 N–H and O–H groups in total. The van der Waals surface area contributed by atoms with Gasteiger partial charge in [0.2, 0.25) is 8.32 Å². The molecule has 0 aliphatic heterocycles. The van der Waals surface area contributed by atoms with E-state index in [1.807, 2.05) is 25.1 Å². The van der Waals surface area contributed by atoms with E-state index in [9.17, 15) is 0 Å². The third-order valence-corrected chi connectivity index (χ3v) is 2.80. The lowest BCUT2D eigenvalue weighted by Crippen LogP contribution is -2.30. The van der Waals surface area contributed by atoms with Crippen LogP contribution in [0.25, 0.3) is 0 Å². The molecule has 16 heavy (non-hydrogen) atoms. The second-order valence-corrected chi connectivity index (χ2v) is 9.02. The van der Waals surface area contributed by atoms with Crippen molar-refractivity contribution in [2.75, 3.05) is 6.61 Å². The fraction of sp³-hybridized carbons (Fsp3) is 0.500. The zero-order chi connectivity index (χ0) is 12.2. The number of hydrogen-bond donors (Lipinski definition) is 1. The van der Waals surface area contributed by atoms with Crippen molar-refractivity contribution in [1.29, 1.82) is 0 Å². The van der Waals surface area contributed by atoms with E-state index < -0.39 is 8.32 Å². The van der Waals surface area contributed by atoms with Gasteiger partial charge >= 0.3 is 0 Å². The summed E-state index contributed by atoms with van der Waals surface area (Å²) in [5, 5.41) is 0. The fourth-order valence-corrected chi connectivity index (χ4v) is 2.26. The van der Waals surface area contributed by atoms with Crippen LogP contribution in [0.5, 0.6) is 11.5 Å². The Balaban J connectivity index is 3.09. The highest BCUT2D eigenvalue weighted by molar-refractivity contribution is 6.70. The van der Waals surface area contributed by atoms with Gasteiger partial charge in [0, 0.05) is 12.1 Å².